The highest BCUT2D eigenvalue weighted by Crippen LogP contribution is 2.09. The van der Waals surface area contributed by atoms with Crippen LogP contribution in [0.25, 0.3) is 0 Å². The standard InChI is InChI=1S/C11H21N3O3/c1-4-16-7-9(12)11-13-10(17-14-11)6-5-8(2)15-3/h8-9H,4-7,12H2,1-3H3. The van der Waals surface area contributed by atoms with Crippen LogP contribution in [0.5, 0.6) is 0 Å². The molecule has 0 aromatic carbocycles. The Morgan fingerprint density at radius 2 is 2.24 bits per heavy atom. The van der Waals surface area contributed by atoms with Gasteiger partial charge in [-0.3, -0.25) is 0 Å². The van der Waals surface area contributed by atoms with E-state index in [9.17, 15) is 0 Å². The van der Waals surface area contributed by atoms with Crippen molar-refractivity contribution in [3.63, 3.8) is 0 Å². The third kappa shape index (κ3) is 4.80. The first-order valence-electron chi connectivity index (χ1n) is 5.86. The molecule has 0 amide bonds. The van der Waals surface area contributed by atoms with E-state index in [1.165, 1.54) is 0 Å². The zero-order valence-corrected chi connectivity index (χ0v) is 10.7. The van der Waals surface area contributed by atoms with E-state index < -0.39 is 0 Å². The largest absolute Gasteiger partial charge is 0.382 e. The predicted octanol–water partition coefficient (Wildman–Crippen LogP) is 1.07. The maximum Gasteiger partial charge on any atom is 0.226 e. The Morgan fingerprint density at radius 3 is 2.88 bits per heavy atom. The van der Waals surface area contributed by atoms with Gasteiger partial charge >= 0.3 is 0 Å². The molecule has 1 heterocycles. The summed E-state index contributed by atoms with van der Waals surface area (Å²) in [5.74, 6) is 1.09. The highest BCUT2D eigenvalue weighted by molar-refractivity contribution is 4.93. The lowest BCUT2D eigenvalue weighted by atomic mass is 10.2. The van der Waals surface area contributed by atoms with Crippen LogP contribution in [-0.4, -0.2) is 36.6 Å². The number of methoxy groups -OCH3 is 1. The van der Waals surface area contributed by atoms with Crippen molar-refractivity contribution in [1.82, 2.24) is 10.1 Å². The Kier molecular flexibility index (Phi) is 6.10. The summed E-state index contributed by atoms with van der Waals surface area (Å²) in [7, 11) is 1.68. The summed E-state index contributed by atoms with van der Waals surface area (Å²) in [6.07, 6.45) is 1.73. The fourth-order valence-electron chi connectivity index (χ4n) is 1.28. The van der Waals surface area contributed by atoms with Crippen molar-refractivity contribution in [2.24, 2.45) is 5.73 Å². The average molecular weight is 243 g/mol. The first-order chi connectivity index (χ1) is 8.17. The van der Waals surface area contributed by atoms with Gasteiger partial charge in [-0.05, 0) is 20.3 Å². The van der Waals surface area contributed by atoms with Crippen LogP contribution in [0.3, 0.4) is 0 Å². The van der Waals surface area contributed by atoms with Crippen LogP contribution in [0.1, 0.15) is 38.0 Å². The van der Waals surface area contributed by atoms with E-state index in [1.807, 2.05) is 13.8 Å². The minimum Gasteiger partial charge on any atom is -0.382 e. The lowest BCUT2D eigenvalue weighted by Crippen LogP contribution is -2.18. The second kappa shape index (κ2) is 7.37. The van der Waals surface area contributed by atoms with Crippen molar-refractivity contribution in [3.8, 4) is 0 Å². The molecule has 2 unspecified atom stereocenters. The molecule has 98 valence electrons. The Balaban J connectivity index is 2.41. The number of aromatic nitrogens is 2. The number of hydrogen-bond acceptors (Lipinski definition) is 6. The van der Waals surface area contributed by atoms with Crippen molar-refractivity contribution in [2.75, 3.05) is 20.3 Å². The molecule has 0 saturated carbocycles. The summed E-state index contributed by atoms with van der Waals surface area (Å²) >= 11 is 0. The first-order valence-corrected chi connectivity index (χ1v) is 5.86. The Bertz CT molecular complexity index is 317. The maximum absolute atomic E-state index is 5.84. The minimum atomic E-state index is -0.327. The minimum absolute atomic E-state index is 0.183. The molecule has 1 aromatic rings. The van der Waals surface area contributed by atoms with Gasteiger partial charge in [-0.15, -0.1) is 0 Å². The summed E-state index contributed by atoms with van der Waals surface area (Å²) in [6, 6.07) is -0.327. The van der Waals surface area contributed by atoms with Crippen LogP contribution < -0.4 is 5.73 Å². The molecule has 2 atom stereocenters. The molecule has 0 saturated heterocycles. The second-order valence-electron chi connectivity index (χ2n) is 3.90. The number of rotatable bonds is 8. The molecule has 1 aromatic heterocycles. The van der Waals surface area contributed by atoms with Gasteiger partial charge in [0, 0.05) is 20.1 Å². The fourth-order valence-corrected chi connectivity index (χ4v) is 1.28. The van der Waals surface area contributed by atoms with Crippen molar-refractivity contribution in [1.29, 1.82) is 0 Å². The topological polar surface area (TPSA) is 83.4 Å². The molecule has 0 radical (unpaired) electrons. The van der Waals surface area contributed by atoms with E-state index >= 15 is 0 Å². The molecule has 0 aliphatic rings. The van der Waals surface area contributed by atoms with E-state index in [-0.39, 0.29) is 12.1 Å². The zero-order valence-electron chi connectivity index (χ0n) is 10.7. The van der Waals surface area contributed by atoms with Gasteiger partial charge in [-0.2, -0.15) is 4.98 Å². The highest BCUT2D eigenvalue weighted by Gasteiger charge is 2.14. The number of ether oxygens (including phenoxy) is 2. The van der Waals surface area contributed by atoms with Gasteiger partial charge in [0.2, 0.25) is 5.89 Å². The Labute approximate surface area is 101 Å². The van der Waals surface area contributed by atoms with Gasteiger partial charge in [0.15, 0.2) is 5.82 Å². The summed E-state index contributed by atoms with van der Waals surface area (Å²) in [5, 5.41) is 3.84. The molecule has 6 heteroatoms. The lowest BCUT2D eigenvalue weighted by molar-refractivity contribution is 0.109. The molecule has 0 spiro atoms. The lowest BCUT2D eigenvalue weighted by Gasteiger charge is -2.06. The van der Waals surface area contributed by atoms with Gasteiger partial charge in [-0.25, -0.2) is 0 Å². The summed E-state index contributed by atoms with van der Waals surface area (Å²) in [5.41, 5.74) is 5.84. The van der Waals surface area contributed by atoms with Crippen molar-refractivity contribution in [2.45, 2.75) is 38.8 Å². The van der Waals surface area contributed by atoms with Crippen LogP contribution in [0.15, 0.2) is 4.52 Å². The van der Waals surface area contributed by atoms with E-state index in [4.69, 9.17) is 19.7 Å². The van der Waals surface area contributed by atoms with Gasteiger partial charge in [0.1, 0.15) is 0 Å². The van der Waals surface area contributed by atoms with Crippen LogP contribution in [0.4, 0.5) is 0 Å². The molecule has 6 nitrogen and oxygen atoms in total. The van der Waals surface area contributed by atoms with Crippen molar-refractivity contribution in [3.05, 3.63) is 11.7 Å². The van der Waals surface area contributed by atoms with E-state index in [0.717, 1.165) is 6.42 Å². The Hall–Kier alpha value is -0.980. The predicted molar refractivity (Wildman–Crippen MR) is 62.5 cm³/mol. The smallest absolute Gasteiger partial charge is 0.226 e. The number of hydrogen-bond donors (Lipinski definition) is 1. The molecule has 0 fully saturated rings. The molecule has 0 aliphatic carbocycles. The van der Waals surface area contributed by atoms with Gasteiger partial charge in [-0.1, -0.05) is 5.16 Å². The van der Waals surface area contributed by atoms with Crippen LogP contribution in [0, 0.1) is 0 Å². The quantitative estimate of drug-likeness (QED) is 0.735. The van der Waals surface area contributed by atoms with E-state index in [0.29, 0.717) is 31.3 Å². The van der Waals surface area contributed by atoms with Crippen molar-refractivity contribution < 1.29 is 14.0 Å². The fraction of sp³-hybridized carbons (Fsp3) is 0.818. The second-order valence-corrected chi connectivity index (χ2v) is 3.90. The first kappa shape index (κ1) is 14.1. The van der Waals surface area contributed by atoms with Crippen LogP contribution >= 0.6 is 0 Å². The average Bonchev–Trinajstić information content (AvgIpc) is 2.81. The number of nitrogens with two attached hydrogens (primary N) is 1. The zero-order chi connectivity index (χ0) is 12.7. The molecule has 17 heavy (non-hydrogen) atoms. The van der Waals surface area contributed by atoms with Gasteiger partial charge in [0.25, 0.3) is 0 Å². The molecule has 1 rings (SSSR count). The number of aryl methyl sites for hydroxylation is 1. The molecular formula is C11H21N3O3. The van der Waals surface area contributed by atoms with Gasteiger partial charge in [0.05, 0.1) is 18.8 Å². The van der Waals surface area contributed by atoms with Crippen LogP contribution in [-0.2, 0) is 15.9 Å². The SMILES string of the molecule is CCOCC(N)c1noc(CCC(C)OC)n1. The molecule has 0 aliphatic heterocycles. The molecule has 2 N–H and O–H groups in total. The van der Waals surface area contributed by atoms with Crippen molar-refractivity contribution >= 4 is 0 Å². The third-order valence-electron chi connectivity index (χ3n) is 2.48. The summed E-state index contributed by atoms with van der Waals surface area (Å²) in [4.78, 5) is 4.23. The molecule has 0 bridgehead atoms. The summed E-state index contributed by atoms with van der Waals surface area (Å²) in [6.45, 7) is 4.95. The summed E-state index contributed by atoms with van der Waals surface area (Å²) < 4.78 is 15.5. The monoisotopic (exact) mass is 243 g/mol. The maximum atomic E-state index is 5.84. The van der Waals surface area contributed by atoms with Gasteiger partial charge < -0.3 is 19.7 Å². The normalized spacial score (nSPS) is 14.8. The molecular weight excluding hydrogens is 222 g/mol. The van der Waals surface area contributed by atoms with Crippen LogP contribution in [0.2, 0.25) is 0 Å². The van der Waals surface area contributed by atoms with E-state index in [2.05, 4.69) is 10.1 Å². The highest BCUT2D eigenvalue weighted by atomic mass is 16.5. The third-order valence-corrected chi connectivity index (χ3v) is 2.48. The number of nitrogens with zero attached hydrogens (tertiary/aromatic N) is 2. The van der Waals surface area contributed by atoms with E-state index in [1.54, 1.807) is 7.11 Å². The Morgan fingerprint density at radius 1 is 1.47 bits per heavy atom.